The van der Waals surface area contributed by atoms with Crippen molar-refractivity contribution in [1.29, 1.82) is 0 Å². The molecule has 0 saturated heterocycles. The molecule has 2 bridgehead atoms. The number of carbonyl (C=O) groups is 1. The third kappa shape index (κ3) is 2.80. The predicted octanol–water partition coefficient (Wildman–Crippen LogP) is 4.24. The van der Waals surface area contributed by atoms with Gasteiger partial charge >= 0.3 is 5.97 Å². The largest absolute Gasteiger partial charge is 0.458 e. The van der Waals surface area contributed by atoms with Crippen molar-refractivity contribution in [3.05, 3.63) is 53.6 Å². The number of ether oxygens (including phenoxy) is 1. The smallest absolute Gasteiger partial charge is 0.331 e. The molecule has 0 spiro atoms. The highest BCUT2D eigenvalue weighted by molar-refractivity contribution is 5.87. The molecule has 3 aliphatic carbocycles. The van der Waals surface area contributed by atoms with Crippen LogP contribution in [0.5, 0.6) is 0 Å². The van der Waals surface area contributed by atoms with Crippen LogP contribution >= 0.6 is 0 Å². The Kier molecular flexibility index (Phi) is 3.71. The maximum absolute atomic E-state index is 11.8. The summed E-state index contributed by atoms with van der Waals surface area (Å²) in [6, 6.07) is 9.79. The Labute approximate surface area is 126 Å². The third-order valence-corrected chi connectivity index (χ3v) is 5.18. The Bertz CT molecular complexity index is 581. The van der Waals surface area contributed by atoms with Crippen LogP contribution in [0.2, 0.25) is 0 Å². The van der Waals surface area contributed by atoms with Gasteiger partial charge < -0.3 is 4.74 Å². The molecule has 2 nitrogen and oxygen atoms in total. The summed E-state index contributed by atoms with van der Waals surface area (Å²) in [5, 5.41) is 0. The zero-order valence-corrected chi connectivity index (χ0v) is 12.7. The van der Waals surface area contributed by atoms with Crippen LogP contribution in [0.25, 0.3) is 6.08 Å². The second-order valence-corrected chi connectivity index (χ2v) is 6.67. The second-order valence-electron chi connectivity index (χ2n) is 6.67. The summed E-state index contributed by atoms with van der Waals surface area (Å²) in [4.78, 5) is 11.8. The van der Waals surface area contributed by atoms with Gasteiger partial charge in [-0.05, 0) is 47.3 Å². The molecule has 4 rings (SSSR count). The minimum atomic E-state index is -0.265. The molecule has 1 aromatic carbocycles. The van der Waals surface area contributed by atoms with Gasteiger partial charge in [-0.1, -0.05) is 50.3 Å². The zero-order valence-electron chi connectivity index (χ0n) is 12.7. The SMILES string of the molecule is CC1(C)C2CC=C(COC(=O)C=Cc3ccccc3)C1C2. The Morgan fingerprint density at radius 1 is 1.33 bits per heavy atom. The third-order valence-electron chi connectivity index (χ3n) is 5.18. The van der Waals surface area contributed by atoms with Crippen molar-refractivity contribution in [2.75, 3.05) is 6.61 Å². The molecule has 2 atom stereocenters. The van der Waals surface area contributed by atoms with Gasteiger partial charge in [-0.25, -0.2) is 4.79 Å². The summed E-state index contributed by atoms with van der Waals surface area (Å²) < 4.78 is 5.40. The van der Waals surface area contributed by atoms with E-state index in [-0.39, 0.29) is 5.97 Å². The van der Waals surface area contributed by atoms with Crippen LogP contribution in [-0.2, 0) is 9.53 Å². The van der Waals surface area contributed by atoms with Crippen LogP contribution in [0.3, 0.4) is 0 Å². The van der Waals surface area contributed by atoms with Crippen molar-refractivity contribution in [1.82, 2.24) is 0 Å². The molecule has 1 saturated carbocycles. The summed E-state index contributed by atoms with van der Waals surface area (Å²) in [7, 11) is 0. The normalized spacial score (nSPS) is 26.1. The van der Waals surface area contributed by atoms with Crippen molar-refractivity contribution in [2.45, 2.75) is 26.7 Å². The molecule has 0 amide bonds. The highest BCUT2D eigenvalue weighted by atomic mass is 16.5. The number of rotatable bonds is 4. The van der Waals surface area contributed by atoms with E-state index in [0.29, 0.717) is 17.9 Å². The van der Waals surface area contributed by atoms with Crippen LogP contribution < -0.4 is 0 Å². The predicted molar refractivity (Wildman–Crippen MR) is 84.5 cm³/mol. The number of hydrogen-bond acceptors (Lipinski definition) is 2. The van der Waals surface area contributed by atoms with E-state index in [1.54, 1.807) is 6.08 Å². The first-order chi connectivity index (χ1) is 10.1. The Balaban J connectivity index is 1.53. The van der Waals surface area contributed by atoms with Crippen LogP contribution in [0, 0.1) is 17.3 Å². The summed E-state index contributed by atoms with van der Waals surface area (Å²) in [5.41, 5.74) is 2.70. The monoisotopic (exact) mass is 282 g/mol. The number of allylic oxidation sites excluding steroid dienone is 1. The summed E-state index contributed by atoms with van der Waals surface area (Å²) >= 11 is 0. The molecular weight excluding hydrogens is 260 g/mol. The number of fused-ring (bicyclic) bond motifs is 1. The molecule has 3 aliphatic rings. The standard InChI is InChI=1S/C19H22O2/c1-19(2)16-10-9-15(17(19)12-16)13-21-18(20)11-8-14-6-4-3-5-7-14/h3-9,11,16-17H,10,12-13H2,1-2H3. The van der Waals surface area contributed by atoms with E-state index in [1.807, 2.05) is 30.3 Å². The second kappa shape index (κ2) is 5.51. The van der Waals surface area contributed by atoms with Gasteiger partial charge in [0.25, 0.3) is 0 Å². The average Bonchev–Trinajstić information content (AvgIpc) is 2.52. The Morgan fingerprint density at radius 2 is 2.10 bits per heavy atom. The van der Waals surface area contributed by atoms with Gasteiger partial charge in [0.2, 0.25) is 0 Å². The fourth-order valence-corrected chi connectivity index (χ4v) is 3.57. The molecule has 1 aromatic rings. The highest BCUT2D eigenvalue weighted by Gasteiger charge is 2.51. The molecule has 110 valence electrons. The molecule has 0 heterocycles. The highest BCUT2D eigenvalue weighted by Crippen LogP contribution is 2.59. The molecule has 21 heavy (non-hydrogen) atoms. The van der Waals surface area contributed by atoms with Gasteiger partial charge in [0.15, 0.2) is 0 Å². The fraction of sp³-hybridized carbons (Fsp3) is 0.421. The van der Waals surface area contributed by atoms with Crippen molar-refractivity contribution in [3.63, 3.8) is 0 Å². The minimum absolute atomic E-state index is 0.265. The lowest BCUT2D eigenvalue weighted by Gasteiger charge is -2.56. The summed E-state index contributed by atoms with van der Waals surface area (Å²) in [6.07, 6.45) is 7.97. The first-order valence-electron chi connectivity index (χ1n) is 7.66. The topological polar surface area (TPSA) is 26.3 Å². The maximum atomic E-state index is 11.8. The van der Waals surface area contributed by atoms with E-state index in [9.17, 15) is 4.79 Å². The lowest BCUT2D eigenvalue weighted by molar-refractivity contribution is -0.137. The van der Waals surface area contributed by atoms with Gasteiger partial charge in [0.05, 0.1) is 0 Å². The van der Waals surface area contributed by atoms with E-state index in [4.69, 9.17) is 4.74 Å². The van der Waals surface area contributed by atoms with Gasteiger partial charge in [0.1, 0.15) is 6.61 Å². The summed E-state index contributed by atoms with van der Waals surface area (Å²) in [5.74, 6) is 1.15. The quantitative estimate of drug-likeness (QED) is 0.469. The summed E-state index contributed by atoms with van der Waals surface area (Å²) in [6.45, 7) is 5.10. The fourth-order valence-electron chi connectivity index (χ4n) is 3.57. The number of hydrogen-bond donors (Lipinski definition) is 0. The molecule has 0 aliphatic heterocycles. The molecule has 0 aromatic heterocycles. The zero-order chi connectivity index (χ0) is 14.9. The van der Waals surface area contributed by atoms with Crippen molar-refractivity contribution < 1.29 is 9.53 Å². The van der Waals surface area contributed by atoms with E-state index in [1.165, 1.54) is 18.1 Å². The van der Waals surface area contributed by atoms with Crippen LogP contribution in [0.1, 0.15) is 32.3 Å². The first kappa shape index (κ1) is 14.1. The van der Waals surface area contributed by atoms with E-state index < -0.39 is 0 Å². The van der Waals surface area contributed by atoms with Gasteiger partial charge in [-0.3, -0.25) is 0 Å². The van der Waals surface area contributed by atoms with Crippen LogP contribution in [-0.4, -0.2) is 12.6 Å². The van der Waals surface area contributed by atoms with Crippen molar-refractivity contribution in [2.24, 2.45) is 17.3 Å². The van der Waals surface area contributed by atoms with Gasteiger partial charge in [-0.2, -0.15) is 0 Å². The average molecular weight is 282 g/mol. The van der Waals surface area contributed by atoms with Gasteiger partial charge in [-0.15, -0.1) is 0 Å². The lowest BCUT2D eigenvalue weighted by Crippen LogP contribution is -2.48. The minimum Gasteiger partial charge on any atom is -0.458 e. The maximum Gasteiger partial charge on any atom is 0.331 e. The lowest BCUT2D eigenvalue weighted by atomic mass is 9.49. The number of esters is 1. The van der Waals surface area contributed by atoms with Crippen LogP contribution in [0.15, 0.2) is 48.1 Å². The first-order valence-corrected chi connectivity index (χ1v) is 7.66. The Morgan fingerprint density at radius 3 is 2.76 bits per heavy atom. The van der Waals surface area contributed by atoms with Gasteiger partial charge in [0, 0.05) is 6.08 Å². The van der Waals surface area contributed by atoms with E-state index >= 15 is 0 Å². The molecule has 1 fully saturated rings. The molecular formula is C19H22O2. The molecule has 0 radical (unpaired) electrons. The number of carbonyl (C=O) groups excluding carboxylic acids is 1. The Hall–Kier alpha value is -1.83. The molecule has 2 heteroatoms. The van der Waals surface area contributed by atoms with Crippen molar-refractivity contribution in [3.8, 4) is 0 Å². The van der Waals surface area contributed by atoms with Crippen LogP contribution in [0.4, 0.5) is 0 Å². The van der Waals surface area contributed by atoms with E-state index in [0.717, 1.165) is 17.9 Å². The van der Waals surface area contributed by atoms with E-state index in [2.05, 4.69) is 19.9 Å². The van der Waals surface area contributed by atoms with Crippen molar-refractivity contribution >= 4 is 12.0 Å². The number of benzene rings is 1. The molecule has 2 unspecified atom stereocenters. The molecule has 0 N–H and O–H groups in total.